The number of amides is 1. The molecule has 1 aliphatic heterocycles. The number of ether oxygens (including phenoxy) is 1. The fourth-order valence-corrected chi connectivity index (χ4v) is 3.32. The smallest absolute Gasteiger partial charge is 0.282 e. The van der Waals surface area contributed by atoms with E-state index >= 15 is 0 Å². The Balaban J connectivity index is 1.99. The second-order valence-electron chi connectivity index (χ2n) is 6.20. The van der Waals surface area contributed by atoms with Crippen molar-refractivity contribution in [3.05, 3.63) is 89.7 Å². The normalized spacial score (nSPS) is 19.0. The lowest BCUT2D eigenvalue weighted by Crippen LogP contribution is -2.45. The molecule has 0 unspecified atom stereocenters. The van der Waals surface area contributed by atoms with Crippen molar-refractivity contribution in [2.24, 2.45) is 0 Å². The molecule has 1 atom stereocenters. The molecule has 2 aromatic carbocycles. The summed E-state index contributed by atoms with van der Waals surface area (Å²) in [6, 6.07) is 20.9. The fraction of sp³-hybridized carbons (Fsp3) is 0.143. The third kappa shape index (κ3) is 2.30. The van der Waals surface area contributed by atoms with Crippen LogP contribution in [0.15, 0.2) is 72.9 Å². The molecule has 0 saturated carbocycles. The van der Waals surface area contributed by atoms with Gasteiger partial charge in [0, 0.05) is 18.8 Å². The minimum absolute atomic E-state index is 0.143. The predicted octanol–water partition coefficient (Wildman–Crippen LogP) is 3.69. The highest BCUT2D eigenvalue weighted by Crippen LogP contribution is 2.46. The molecule has 25 heavy (non-hydrogen) atoms. The third-order valence-electron chi connectivity index (χ3n) is 4.54. The Morgan fingerprint density at radius 2 is 1.76 bits per heavy atom. The van der Waals surface area contributed by atoms with E-state index < -0.39 is 5.60 Å². The summed E-state index contributed by atoms with van der Waals surface area (Å²) in [6.07, 6.45) is 1.69. The summed E-state index contributed by atoms with van der Waals surface area (Å²) in [4.78, 5) is 19.5. The van der Waals surface area contributed by atoms with Gasteiger partial charge in [0.25, 0.3) is 11.5 Å². The Bertz CT molecular complexity index is 925. The monoisotopic (exact) mass is 330 g/mol. The molecule has 3 aromatic rings. The molecule has 4 nitrogen and oxygen atoms in total. The first-order valence-electron chi connectivity index (χ1n) is 8.18. The standard InChI is InChI=1S/C21H18N2O2/c1-15-11-12-18-17(14-15)21(20(24)23(18)2,19-10-6-7-13-22-19)25-16-8-4-3-5-9-16/h3-14H,1-2H3/t21-/m1/s1. The van der Waals surface area contributed by atoms with Gasteiger partial charge >= 0.3 is 0 Å². The first-order valence-corrected chi connectivity index (χ1v) is 8.18. The van der Waals surface area contributed by atoms with Gasteiger partial charge in [-0.3, -0.25) is 9.78 Å². The molecule has 0 bridgehead atoms. The summed E-state index contributed by atoms with van der Waals surface area (Å²) in [7, 11) is 1.77. The summed E-state index contributed by atoms with van der Waals surface area (Å²) >= 11 is 0. The molecule has 1 aromatic heterocycles. The van der Waals surface area contributed by atoms with Crippen LogP contribution < -0.4 is 9.64 Å². The van der Waals surface area contributed by atoms with E-state index in [1.165, 1.54) is 0 Å². The summed E-state index contributed by atoms with van der Waals surface area (Å²) in [5, 5.41) is 0. The molecule has 1 aliphatic rings. The second kappa shape index (κ2) is 5.74. The molecule has 0 aliphatic carbocycles. The van der Waals surface area contributed by atoms with E-state index in [0.717, 1.165) is 16.8 Å². The van der Waals surface area contributed by atoms with Crippen LogP contribution in [0.4, 0.5) is 5.69 Å². The van der Waals surface area contributed by atoms with E-state index in [1.807, 2.05) is 73.7 Å². The number of fused-ring (bicyclic) bond motifs is 1. The van der Waals surface area contributed by atoms with Crippen molar-refractivity contribution in [2.45, 2.75) is 12.5 Å². The number of para-hydroxylation sites is 1. The number of benzene rings is 2. The number of carbonyl (C=O) groups excluding carboxylic acids is 1. The highest BCUT2D eigenvalue weighted by Gasteiger charge is 2.54. The lowest BCUT2D eigenvalue weighted by atomic mass is 9.89. The van der Waals surface area contributed by atoms with Crippen molar-refractivity contribution in [1.82, 2.24) is 4.98 Å². The minimum Gasteiger partial charge on any atom is -0.466 e. The first-order chi connectivity index (χ1) is 12.1. The van der Waals surface area contributed by atoms with Crippen molar-refractivity contribution in [3.63, 3.8) is 0 Å². The highest BCUT2D eigenvalue weighted by molar-refractivity contribution is 6.09. The minimum atomic E-state index is -1.28. The Morgan fingerprint density at radius 1 is 1.00 bits per heavy atom. The topological polar surface area (TPSA) is 42.4 Å². The van der Waals surface area contributed by atoms with Gasteiger partial charge in [-0.1, -0.05) is 35.9 Å². The number of rotatable bonds is 3. The Hall–Kier alpha value is -3.14. The number of anilines is 1. The number of aromatic nitrogens is 1. The van der Waals surface area contributed by atoms with Gasteiger partial charge in [-0.05, 0) is 43.3 Å². The van der Waals surface area contributed by atoms with E-state index in [0.29, 0.717) is 11.4 Å². The zero-order valence-corrected chi connectivity index (χ0v) is 14.1. The molecule has 0 fully saturated rings. The lowest BCUT2D eigenvalue weighted by molar-refractivity contribution is -0.130. The van der Waals surface area contributed by atoms with Crippen molar-refractivity contribution in [1.29, 1.82) is 0 Å². The maximum absolute atomic E-state index is 13.4. The van der Waals surface area contributed by atoms with Crippen LogP contribution in [0.2, 0.25) is 0 Å². The highest BCUT2D eigenvalue weighted by atomic mass is 16.5. The van der Waals surface area contributed by atoms with Crippen molar-refractivity contribution in [3.8, 4) is 5.75 Å². The molecule has 1 amide bonds. The van der Waals surface area contributed by atoms with Crippen LogP contribution in [0.5, 0.6) is 5.75 Å². The van der Waals surface area contributed by atoms with E-state index in [1.54, 1.807) is 18.1 Å². The number of nitrogens with zero attached hydrogens (tertiary/aromatic N) is 2. The number of likely N-dealkylation sites (N-methyl/N-ethyl adjacent to an activating group) is 1. The van der Waals surface area contributed by atoms with Crippen LogP contribution in [-0.4, -0.2) is 17.9 Å². The van der Waals surface area contributed by atoms with Gasteiger partial charge in [-0.2, -0.15) is 0 Å². The van der Waals surface area contributed by atoms with Crippen molar-refractivity contribution in [2.75, 3.05) is 11.9 Å². The maximum atomic E-state index is 13.4. The molecule has 2 heterocycles. The van der Waals surface area contributed by atoms with E-state index in [9.17, 15) is 4.79 Å². The first kappa shape index (κ1) is 15.4. The Kier molecular flexibility index (Phi) is 3.53. The van der Waals surface area contributed by atoms with Gasteiger partial charge in [0.05, 0.1) is 11.4 Å². The van der Waals surface area contributed by atoms with Crippen LogP contribution in [0.25, 0.3) is 0 Å². The van der Waals surface area contributed by atoms with Gasteiger partial charge in [-0.15, -0.1) is 0 Å². The van der Waals surface area contributed by atoms with E-state index in [-0.39, 0.29) is 5.91 Å². The van der Waals surface area contributed by atoms with Crippen LogP contribution in [0.1, 0.15) is 16.8 Å². The SMILES string of the molecule is Cc1ccc2c(c1)[C@@](Oc1ccccc1)(c1ccccn1)C(=O)N2C. The van der Waals surface area contributed by atoms with Gasteiger partial charge in [0.15, 0.2) is 0 Å². The Labute approximate surface area is 146 Å². The molecule has 124 valence electrons. The molecule has 0 saturated heterocycles. The second-order valence-corrected chi connectivity index (χ2v) is 6.20. The summed E-state index contributed by atoms with van der Waals surface area (Å²) in [5.74, 6) is 0.486. The van der Waals surface area contributed by atoms with Crippen LogP contribution in [0.3, 0.4) is 0 Å². The van der Waals surface area contributed by atoms with E-state index in [4.69, 9.17) is 4.74 Å². The molecule has 0 spiro atoms. The zero-order chi connectivity index (χ0) is 17.4. The maximum Gasteiger partial charge on any atom is 0.282 e. The van der Waals surface area contributed by atoms with E-state index in [2.05, 4.69) is 4.98 Å². The molecular formula is C21H18N2O2. The summed E-state index contributed by atoms with van der Waals surface area (Å²) in [6.45, 7) is 2.01. The zero-order valence-electron chi connectivity index (χ0n) is 14.1. The predicted molar refractivity (Wildman–Crippen MR) is 96.7 cm³/mol. The summed E-state index contributed by atoms with van der Waals surface area (Å²) in [5.41, 5.74) is 2.04. The van der Waals surface area contributed by atoms with Gasteiger partial charge < -0.3 is 9.64 Å². The summed E-state index contributed by atoms with van der Waals surface area (Å²) < 4.78 is 6.36. The molecular weight excluding hydrogens is 312 g/mol. The number of pyridine rings is 1. The van der Waals surface area contributed by atoms with Crippen LogP contribution in [-0.2, 0) is 10.4 Å². The molecule has 4 rings (SSSR count). The Morgan fingerprint density at radius 3 is 2.48 bits per heavy atom. The lowest BCUT2D eigenvalue weighted by Gasteiger charge is -2.29. The number of aryl methyl sites for hydroxylation is 1. The number of hydrogen-bond donors (Lipinski definition) is 0. The van der Waals surface area contributed by atoms with Gasteiger partial charge in [0.2, 0.25) is 0 Å². The van der Waals surface area contributed by atoms with Crippen LogP contribution >= 0.6 is 0 Å². The van der Waals surface area contributed by atoms with Crippen LogP contribution in [0, 0.1) is 6.92 Å². The molecule has 0 radical (unpaired) electrons. The fourth-order valence-electron chi connectivity index (χ4n) is 3.32. The average Bonchev–Trinajstić information content (AvgIpc) is 2.85. The van der Waals surface area contributed by atoms with Crippen molar-refractivity contribution < 1.29 is 9.53 Å². The number of hydrogen-bond acceptors (Lipinski definition) is 3. The van der Waals surface area contributed by atoms with Gasteiger partial charge in [-0.25, -0.2) is 0 Å². The third-order valence-corrected chi connectivity index (χ3v) is 4.54. The van der Waals surface area contributed by atoms with Gasteiger partial charge in [0.1, 0.15) is 5.75 Å². The van der Waals surface area contributed by atoms with Crippen molar-refractivity contribution >= 4 is 11.6 Å². The average molecular weight is 330 g/mol. The quantitative estimate of drug-likeness (QED) is 0.735. The number of carbonyl (C=O) groups is 1. The largest absolute Gasteiger partial charge is 0.466 e. The molecule has 4 heteroatoms. The molecule has 0 N–H and O–H groups in total.